The Hall–Kier alpha value is -1.80. The fourth-order valence-corrected chi connectivity index (χ4v) is 1.52. The van der Waals surface area contributed by atoms with E-state index in [2.05, 4.69) is 15.1 Å². The van der Waals surface area contributed by atoms with Crippen LogP contribution in [0.25, 0.3) is 5.82 Å². The summed E-state index contributed by atoms with van der Waals surface area (Å²) in [5.74, 6) is 0.0290. The molecule has 0 spiro atoms. The summed E-state index contributed by atoms with van der Waals surface area (Å²) >= 11 is 0. The summed E-state index contributed by atoms with van der Waals surface area (Å²) in [6.07, 6.45) is 1.28. The molecule has 2 rings (SSSR count). The van der Waals surface area contributed by atoms with Crippen molar-refractivity contribution in [2.24, 2.45) is 0 Å². The number of rotatable bonds is 2. The molecule has 0 amide bonds. The van der Waals surface area contributed by atoms with E-state index in [-0.39, 0.29) is 11.3 Å². The lowest BCUT2D eigenvalue weighted by atomic mass is 9.80. The van der Waals surface area contributed by atoms with Crippen LogP contribution in [-0.2, 0) is 0 Å². The Kier molecular flexibility index (Phi) is 2.91. The maximum atomic E-state index is 13.9. The molecule has 0 bridgehead atoms. The van der Waals surface area contributed by atoms with Gasteiger partial charge < -0.3 is 10.0 Å². The molecule has 0 aliphatic rings. The van der Waals surface area contributed by atoms with Crippen LogP contribution in [0.15, 0.2) is 12.3 Å². The van der Waals surface area contributed by atoms with Gasteiger partial charge in [0.15, 0.2) is 11.6 Å². The number of hydrogen-bond acceptors (Lipinski definition) is 5. The van der Waals surface area contributed by atoms with E-state index in [0.717, 1.165) is 0 Å². The minimum absolute atomic E-state index is 0.103. The number of pyridine rings is 1. The molecule has 2 aromatic heterocycles. The lowest BCUT2D eigenvalue weighted by Crippen LogP contribution is -2.34. The van der Waals surface area contributed by atoms with Crippen LogP contribution in [0.1, 0.15) is 11.6 Å². The fourth-order valence-electron chi connectivity index (χ4n) is 1.52. The van der Waals surface area contributed by atoms with Crippen molar-refractivity contribution in [2.45, 2.75) is 13.8 Å². The van der Waals surface area contributed by atoms with Crippen LogP contribution < -0.4 is 5.46 Å². The van der Waals surface area contributed by atoms with Gasteiger partial charge in [0, 0.05) is 11.7 Å². The predicted molar refractivity (Wildman–Crippen MR) is 58.4 cm³/mol. The molecule has 0 unspecified atom stereocenters. The average Bonchev–Trinajstić information content (AvgIpc) is 2.57. The Balaban J connectivity index is 2.60. The molecule has 6 nitrogen and oxygen atoms in total. The minimum Gasteiger partial charge on any atom is -0.423 e. The van der Waals surface area contributed by atoms with Crippen molar-refractivity contribution in [3.05, 3.63) is 29.7 Å². The molecular weight excluding hydrogens is 226 g/mol. The van der Waals surface area contributed by atoms with Crippen molar-refractivity contribution >= 4 is 12.6 Å². The number of aromatic nitrogens is 4. The smallest absolute Gasteiger partial charge is 0.423 e. The van der Waals surface area contributed by atoms with Gasteiger partial charge >= 0.3 is 7.12 Å². The largest absolute Gasteiger partial charge is 0.491 e. The highest BCUT2D eigenvalue weighted by Gasteiger charge is 2.21. The zero-order chi connectivity index (χ0) is 12.6. The molecule has 0 aromatic carbocycles. The highest BCUT2D eigenvalue weighted by atomic mass is 19.1. The SMILES string of the molecule is Cc1nc(C)n(-c2nccc(B(O)O)c2F)n1. The molecule has 17 heavy (non-hydrogen) atoms. The summed E-state index contributed by atoms with van der Waals surface area (Å²) in [6.45, 7) is 3.33. The Morgan fingerprint density at radius 1 is 1.35 bits per heavy atom. The van der Waals surface area contributed by atoms with Gasteiger partial charge in [0.05, 0.1) is 0 Å². The fraction of sp³-hybridized carbons (Fsp3) is 0.222. The van der Waals surface area contributed by atoms with Crippen LogP contribution in [0.4, 0.5) is 4.39 Å². The molecule has 0 atom stereocenters. The molecule has 0 fully saturated rings. The van der Waals surface area contributed by atoms with Crippen LogP contribution in [-0.4, -0.2) is 36.9 Å². The summed E-state index contributed by atoms with van der Waals surface area (Å²) < 4.78 is 15.1. The number of aryl methyl sites for hydroxylation is 2. The second-order valence-electron chi connectivity index (χ2n) is 3.53. The zero-order valence-corrected chi connectivity index (χ0v) is 9.29. The number of hydrogen-bond donors (Lipinski definition) is 2. The summed E-state index contributed by atoms with van der Waals surface area (Å²) in [5, 5.41) is 22.0. The molecule has 2 heterocycles. The number of halogens is 1. The monoisotopic (exact) mass is 236 g/mol. The van der Waals surface area contributed by atoms with Gasteiger partial charge in [-0.2, -0.15) is 4.68 Å². The lowest BCUT2D eigenvalue weighted by Gasteiger charge is -2.07. The lowest BCUT2D eigenvalue weighted by molar-refractivity contribution is 0.422. The second kappa shape index (κ2) is 4.23. The summed E-state index contributed by atoms with van der Waals surface area (Å²) in [6, 6.07) is 1.20. The van der Waals surface area contributed by atoms with Crippen molar-refractivity contribution in [1.82, 2.24) is 19.7 Å². The average molecular weight is 236 g/mol. The van der Waals surface area contributed by atoms with E-state index < -0.39 is 12.9 Å². The van der Waals surface area contributed by atoms with Crippen molar-refractivity contribution in [1.29, 1.82) is 0 Å². The molecule has 0 radical (unpaired) electrons. The first-order valence-corrected chi connectivity index (χ1v) is 4.92. The van der Waals surface area contributed by atoms with E-state index in [4.69, 9.17) is 10.0 Å². The first-order chi connectivity index (χ1) is 8.00. The summed E-state index contributed by atoms with van der Waals surface area (Å²) in [7, 11) is -1.89. The van der Waals surface area contributed by atoms with Gasteiger partial charge in [-0.3, -0.25) is 0 Å². The van der Waals surface area contributed by atoms with Crippen LogP contribution in [0.5, 0.6) is 0 Å². The van der Waals surface area contributed by atoms with Crippen molar-refractivity contribution < 1.29 is 14.4 Å². The first-order valence-electron chi connectivity index (χ1n) is 4.92. The van der Waals surface area contributed by atoms with Crippen LogP contribution in [0, 0.1) is 19.7 Å². The molecule has 8 heteroatoms. The van der Waals surface area contributed by atoms with Crippen molar-refractivity contribution in [2.75, 3.05) is 0 Å². The third kappa shape index (κ3) is 2.04. The van der Waals surface area contributed by atoms with Crippen molar-refractivity contribution in [3.8, 4) is 5.82 Å². The van der Waals surface area contributed by atoms with Crippen LogP contribution in [0.2, 0.25) is 0 Å². The van der Waals surface area contributed by atoms with E-state index in [9.17, 15) is 4.39 Å². The third-order valence-corrected chi connectivity index (χ3v) is 2.25. The maximum Gasteiger partial charge on any atom is 0.491 e. The molecule has 0 aliphatic carbocycles. The second-order valence-corrected chi connectivity index (χ2v) is 3.53. The van der Waals surface area contributed by atoms with Crippen LogP contribution in [0.3, 0.4) is 0 Å². The van der Waals surface area contributed by atoms with Crippen molar-refractivity contribution in [3.63, 3.8) is 0 Å². The Labute approximate surface area is 96.9 Å². The Bertz CT molecular complexity index is 558. The number of nitrogens with zero attached hydrogens (tertiary/aromatic N) is 4. The highest BCUT2D eigenvalue weighted by molar-refractivity contribution is 6.58. The standard InChI is InChI=1S/C9H10BFN4O2/c1-5-13-6(2)15(14-5)9-8(11)7(10(16)17)3-4-12-9/h3-4,16-17H,1-2H3. The minimum atomic E-state index is -1.89. The van der Waals surface area contributed by atoms with Gasteiger partial charge in [-0.25, -0.2) is 14.4 Å². The summed E-state index contributed by atoms with van der Waals surface area (Å²) in [4.78, 5) is 7.85. The predicted octanol–water partition coefficient (Wildman–Crippen LogP) is -0.902. The topological polar surface area (TPSA) is 84.1 Å². The molecule has 0 aliphatic heterocycles. The zero-order valence-electron chi connectivity index (χ0n) is 9.29. The third-order valence-electron chi connectivity index (χ3n) is 2.25. The van der Waals surface area contributed by atoms with E-state index in [1.54, 1.807) is 13.8 Å². The van der Waals surface area contributed by atoms with Gasteiger partial charge in [-0.1, -0.05) is 0 Å². The quantitative estimate of drug-likeness (QED) is 0.660. The maximum absolute atomic E-state index is 13.9. The first kappa shape index (κ1) is 11.7. The molecule has 88 valence electrons. The molecule has 2 N–H and O–H groups in total. The normalized spacial score (nSPS) is 10.6. The van der Waals surface area contributed by atoms with Crippen LogP contribution >= 0.6 is 0 Å². The highest BCUT2D eigenvalue weighted by Crippen LogP contribution is 2.09. The molecule has 0 saturated carbocycles. The van der Waals surface area contributed by atoms with Gasteiger partial charge in [0.25, 0.3) is 0 Å². The van der Waals surface area contributed by atoms with Gasteiger partial charge in [0.2, 0.25) is 0 Å². The molecule has 0 saturated heterocycles. The molecular formula is C9H10BFN4O2. The van der Waals surface area contributed by atoms with E-state index in [1.165, 1.54) is 16.9 Å². The Morgan fingerprint density at radius 2 is 2.06 bits per heavy atom. The van der Waals surface area contributed by atoms with Gasteiger partial charge in [-0.15, -0.1) is 5.10 Å². The van der Waals surface area contributed by atoms with E-state index >= 15 is 0 Å². The van der Waals surface area contributed by atoms with Gasteiger partial charge in [0.1, 0.15) is 11.6 Å². The van der Waals surface area contributed by atoms with Gasteiger partial charge in [-0.05, 0) is 19.9 Å². The van der Waals surface area contributed by atoms with E-state index in [0.29, 0.717) is 11.6 Å². The Morgan fingerprint density at radius 3 is 2.59 bits per heavy atom. The summed E-state index contributed by atoms with van der Waals surface area (Å²) in [5.41, 5.74) is -0.248. The van der Waals surface area contributed by atoms with E-state index in [1.807, 2.05) is 0 Å². The molecule has 2 aromatic rings.